The molecular weight excluding hydrogens is 264 g/mol. The normalized spacial score (nSPS) is 18.6. The monoisotopic (exact) mass is 280 g/mol. The first-order valence-electron chi connectivity index (χ1n) is 6.08. The van der Waals surface area contributed by atoms with Crippen molar-refractivity contribution in [3.05, 3.63) is 35.4 Å². The van der Waals surface area contributed by atoms with Gasteiger partial charge in [0.25, 0.3) is 0 Å². The minimum atomic E-state index is -3.42. The molecule has 0 radical (unpaired) electrons. The molecule has 1 saturated heterocycles. The van der Waals surface area contributed by atoms with Gasteiger partial charge in [0.05, 0.1) is 23.0 Å². The molecule has 1 N–H and O–H groups in total. The largest absolute Gasteiger partial charge is 0.387 e. The molecule has 2 rings (SSSR count). The number of aliphatic hydroxyl groups is 1. The summed E-state index contributed by atoms with van der Waals surface area (Å²) in [6.07, 6.45) is 0.545. The van der Waals surface area contributed by atoms with E-state index in [1.54, 1.807) is 24.3 Å². The fourth-order valence-corrected chi connectivity index (χ4v) is 3.72. The molecular formula is C13H16N2O3S. The van der Waals surface area contributed by atoms with Crippen LogP contribution in [0, 0.1) is 11.3 Å². The predicted octanol–water partition coefficient (Wildman–Crippen LogP) is 0.845. The van der Waals surface area contributed by atoms with E-state index in [4.69, 9.17) is 5.26 Å². The van der Waals surface area contributed by atoms with Crippen molar-refractivity contribution in [1.82, 2.24) is 4.31 Å². The summed E-state index contributed by atoms with van der Waals surface area (Å²) in [7, 11) is -3.42. The fourth-order valence-electron chi connectivity index (χ4n) is 2.06. The Morgan fingerprint density at radius 3 is 2.74 bits per heavy atom. The molecule has 0 bridgehead atoms. The van der Waals surface area contributed by atoms with E-state index in [9.17, 15) is 13.5 Å². The van der Waals surface area contributed by atoms with Crippen LogP contribution in [-0.4, -0.2) is 36.5 Å². The zero-order valence-electron chi connectivity index (χ0n) is 10.7. The number of hydrogen-bond acceptors (Lipinski definition) is 4. The van der Waals surface area contributed by atoms with Crippen LogP contribution in [-0.2, 0) is 15.8 Å². The van der Waals surface area contributed by atoms with Gasteiger partial charge in [-0.1, -0.05) is 19.1 Å². The van der Waals surface area contributed by atoms with E-state index in [-0.39, 0.29) is 18.8 Å². The molecule has 5 nitrogen and oxygen atoms in total. The molecule has 0 aromatic heterocycles. The van der Waals surface area contributed by atoms with Gasteiger partial charge in [-0.2, -0.15) is 9.57 Å². The smallest absolute Gasteiger partial charge is 0.218 e. The van der Waals surface area contributed by atoms with Gasteiger partial charge in [0.1, 0.15) is 0 Å². The van der Waals surface area contributed by atoms with Crippen molar-refractivity contribution in [2.75, 3.05) is 13.1 Å². The topological polar surface area (TPSA) is 81.4 Å². The van der Waals surface area contributed by atoms with Gasteiger partial charge in [-0.05, 0) is 24.1 Å². The molecule has 0 amide bonds. The zero-order chi connectivity index (χ0) is 14.1. The number of sulfonamides is 1. The number of benzene rings is 1. The lowest BCUT2D eigenvalue weighted by atomic mass is 9.94. The molecule has 1 fully saturated rings. The molecule has 102 valence electrons. The summed E-state index contributed by atoms with van der Waals surface area (Å²) in [6, 6.07) is 8.54. The maximum atomic E-state index is 12.1. The van der Waals surface area contributed by atoms with Crippen molar-refractivity contribution in [2.45, 2.75) is 24.7 Å². The van der Waals surface area contributed by atoms with E-state index in [2.05, 4.69) is 0 Å². The average Bonchev–Trinajstić information content (AvgIpc) is 2.34. The van der Waals surface area contributed by atoms with Crippen molar-refractivity contribution >= 4 is 10.0 Å². The van der Waals surface area contributed by atoms with Crippen molar-refractivity contribution in [1.29, 1.82) is 5.26 Å². The summed E-state index contributed by atoms with van der Waals surface area (Å²) < 4.78 is 25.5. The highest BCUT2D eigenvalue weighted by Gasteiger charge is 2.45. The van der Waals surface area contributed by atoms with Crippen LogP contribution in [0.3, 0.4) is 0 Å². The van der Waals surface area contributed by atoms with Crippen molar-refractivity contribution in [3.63, 3.8) is 0 Å². The highest BCUT2D eigenvalue weighted by Crippen LogP contribution is 2.28. The van der Waals surface area contributed by atoms with Gasteiger partial charge in [0.15, 0.2) is 0 Å². The number of hydrogen-bond donors (Lipinski definition) is 1. The summed E-state index contributed by atoms with van der Waals surface area (Å²) in [5.41, 5.74) is 0.161. The molecule has 0 aliphatic carbocycles. The Bertz CT molecular complexity index is 613. The summed E-state index contributed by atoms with van der Waals surface area (Å²) in [5.74, 6) is -0.137. The first-order valence-corrected chi connectivity index (χ1v) is 7.69. The minimum absolute atomic E-state index is 0.137. The molecule has 0 saturated carbocycles. The summed E-state index contributed by atoms with van der Waals surface area (Å²) in [5, 5.41) is 18.6. The van der Waals surface area contributed by atoms with Crippen LogP contribution in [0.25, 0.3) is 0 Å². The van der Waals surface area contributed by atoms with Crippen LogP contribution in [0.15, 0.2) is 24.3 Å². The SMILES string of the molecule is CCC1(O)CN(S(=O)(=O)Cc2cccc(C#N)c2)C1. The number of nitrogens with zero attached hydrogens (tertiary/aromatic N) is 2. The van der Waals surface area contributed by atoms with Crippen LogP contribution in [0.1, 0.15) is 24.5 Å². The van der Waals surface area contributed by atoms with Gasteiger partial charge in [-0.15, -0.1) is 0 Å². The molecule has 1 aromatic carbocycles. The van der Waals surface area contributed by atoms with Crippen LogP contribution in [0.4, 0.5) is 0 Å². The van der Waals surface area contributed by atoms with E-state index >= 15 is 0 Å². The Labute approximate surface area is 113 Å². The lowest BCUT2D eigenvalue weighted by Crippen LogP contribution is -2.63. The molecule has 1 aliphatic heterocycles. The van der Waals surface area contributed by atoms with E-state index in [1.807, 2.05) is 13.0 Å². The molecule has 1 aromatic rings. The lowest BCUT2D eigenvalue weighted by Gasteiger charge is -2.44. The Hall–Kier alpha value is -1.42. The van der Waals surface area contributed by atoms with Gasteiger partial charge in [-0.25, -0.2) is 8.42 Å². The molecule has 0 unspecified atom stereocenters. The number of nitriles is 1. The third kappa shape index (κ3) is 2.95. The van der Waals surface area contributed by atoms with E-state index in [0.717, 1.165) is 0 Å². The first-order chi connectivity index (χ1) is 8.88. The average molecular weight is 280 g/mol. The highest BCUT2D eigenvalue weighted by molar-refractivity contribution is 7.88. The second-order valence-corrected chi connectivity index (χ2v) is 6.88. The Kier molecular flexibility index (Phi) is 3.63. The van der Waals surface area contributed by atoms with Gasteiger partial charge < -0.3 is 5.11 Å². The van der Waals surface area contributed by atoms with Crippen LogP contribution in [0.2, 0.25) is 0 Å². The zero-order valence-corrected chi connectivity index (χ0v) is 11.5. The Balaban J connectivity index is 2.09. The van der Waals surface area contributed by atoms with Crippen LogP contribution >= 0.6 is 0 Å². The summed E-state index contributed by atoms with van der Waals surface area (Å²) in [6.45, 7) is 2.15. The Morgan fingerprint density at radius 1 is 1.47 bits per heavy atom. The second-order valence-electron chi connectivity index (χ2n) is 4.91. The van der Waals surface area contributed by atoms with Gasteiger partial charge in [0, 0.05) is 13.1 Å². The van der Waals surface area contributed by atoms with Gasteiger partial charge >= 0.3 is 0 Å². The quantitative estimate of drug-likeness (QED) is 0.886. The number of β-amino-alcohol motifs (C(OH)–C–C–N with tert-alkyl or cyclic N) is 1. The Morgan fingerprint density at radius 2 is 2.16 bits per heavy atom. The van der Waals surface area contributed by atoms with Crippen LogP contribution in [0.5, 0.6) is 0 Å². The minimum Gasteiger partial charge on any atom is -0.387 e. The van der Waals surface area contributed by atoms with Gasteiger partial charge in [0.2, 0.25) is 10.0 Å². The third-order valence-corrected chi connectivity index (χ3v) is 5.14. The molecule has 0 atom stereocenters. The van der Waals surface area contributed by atoms with Gasteiger partial charge in [-0.3, -0.25) is 0 Å². The lowest BCUT2D eigenvalue weighted by molar-refractivity contribution is -0.0614. The van der Waals surface area contributed by atoms with E-state index in [1.165, 1.54) is 4.31 Å². The third-order valence-electron chi connectivity index (χ3n) is 3.40. The maximum Gasteiger partial charge on any atom is 0.218 e. The molecule has 0 spiro atoms. The standard InChI is InChI=1S/C13H16N2O3S/c1-2-13(16)9-15(10-13)19(17,18)8-12-5-3-4-11(6-12)7-14/h3-6,16H,2,8-10H2,1H3. The summed E-state index contributed by atoms with van der Waals surface area (Å²) in [4.78, 5) is 0. The number of rotatable bonds is 4. The first kappa shape index (κ1) is 14.0. The molecule has 1 aliphatic rings. The molecule has 6 heteroatoms. The van der Waals surface area contributed by atoms with Crippen molar-refractivity contribution < 1.29 is 13.5 Å². The van der Waals surface area contributed by atoms with Crippen molar-refractivity contribution in [2.24, 2.45) is 0 Å². The summed E-state index contributed by atoms with van der Waals surface area (Å²) >= 11 is 0. The molecule has 1 heterocycles. The van der Waals surface area contributed by atoms with Crippen molar-refractivity contribution in [3.8, 4) is 6.07 Å². The predicted molar refractivity (Wildman–Crippen MR) is 70.6 cm³/mol. The van der Waals surface area contributed by atoms with E-state index < -0.39 is 15.6 Å². The van der Waals surface area contributed by atoms with Crippen LogP contribution < -0.4 is 0 Å². The van der Waals surface area contributed by atoms with E-state index in [0.29, 0.717) is 17.5 Å². The maximum absolute atomic E-state index is 12.1. The second kappa shape index (κ2) is 4.93. The molecule has 19 heavy (non-hydrogen) atoms. The fraction of sp³-hybridized carbons (Fsp3) is 0.462. The highest BCUT2D eigenvalue weighted by atomic mass is 32.2.